The first-order chi connectivity index (χ1) is 8.60. The Bertz CT molecular complexity index is 313. The molecule has 18 heavy (non-hydrogen) atoms. The Morgan fingerprint density at radius 3 is 2.78 bits per heavy atom. The SMILES string of the molecule is CCCN(CC1CCCNC1)S(=O)(=O)CCOC. The van der Waals surface area contributed by atoms with Gasteiger partial charge in [-0.25, -0.2) is 12.7 Å². The van der Waals surface area contributed by atoms with Crippen LogP contribution in [0.15, 0.2) is 0 Å². The third-order valence-electron chi connectivity index (χ3n) is 3.27. The zero-order chi connectivity index (χ0) is 13.4. The maximum atomic E-state index is 12.2. The predicted molar refractivity (Wildman–Crippen MR) is 73.1 cm³/mol. The molecule has 0 radical (unpaired) electrons. The molecule has 0 bridgehead atoms. The van der Waals surface area contributed by atoms with Crippen LogP contribution in [0.5, 0.6) is 0 Å². The molecule has 1 N–H and O–H groups in total. The van der Waals surface area contributed by atoms with Crippen LogP contribution in [0.2, 0.25) is 0 Å². The maximum Gasteiger partial charge on any atom is 0.216 e. The van der Waals surface area contributed by atoms with Crippen molar-refractivity contribution < 1.29 is 13.2 Å². The Morgan fingerprint density at radius 1 is 1.44 bits per heavy atom. The molecule has 0 saturated carbocycles. The van der Waals surface area contributed by atoms with E-state index in [4.69, 9.17) is 4.74 Å². The molecular weight excluding hydrogens is 252 g/mol. The van der Waals surface area contributed by atoms with E-state index in [1.165, 1.54) is 7.11 Å². The van der Waals surface area contributed by atoms with Crippen LogP contribution >= 0.6 is 0 Å². The fourth-order valence-electron chi connectivity index (χ4n) is 2.28. The van der Waals surface area contributed by atoms with E-state index in [0.29, 0.717) is 19.0 Å². The van der Waals surface area contributed by atoms with Gasteiger partial charge in [-0.3, -0.25) is 0 Å². The first kappa shape index (κ1) is 15.9. The zero-order valence-electron chi connectivity index (χ0n) is 11.5. The van der Waals surface area contributed by atoms with Gasteiger partial charge in [0.1, 0.15) is 0 Å². The molecule has 5 nitrogen and oxygen atoms in total. The van der Waals surface area contributed by atoms with Crippen molar-refractivity contribution in [2.75, 3.05) is 45.6 Å². The highest BCUT2D eigenvalue weighted by molar-refractivity contribution is 7.89. The summed E-state index contributed by atoms with van der Waals surface area (Å²) in [5, 5.41) is 3.33. The Labute approximate surface area is 111 Å². The molecule has 0 aromatic carbocycles. The molecule has 108 valence electrons. The fraction of sp³-hybridized carbons (Fsp3) is 1.00. The summed E-state index contributed by atoms with van der Waals surface area (Å²) in [5.74, 6) is 0.534. The van der Waals surface area contributed by atoms with Gasteiger partial charge < -0.3 is 10.1 Å². The number of rotatable bonds is 8. The average Bonchev–Trinajstić information content (AvgIpc) is 2.37. The summed E-state index contributed by atoms with van der Waals surface area (Å²) >= 11 is 0. The molecule has 0 amide bonds. The number of sulfonamides is 1. The molecule has 1 heterocycles. The van der Waals surface area contributed by atoms with Crippen molar-refractivity contribution in [3.05, 3.63) is 0 Å². The number of hydrogen-bond acceptors (Lipinski definition) is 4. The Hall–Kier alpha value is -0.170. The van der Waals surface area contributed by atoms with Gasteiger partial charge in [-0.2, -0.15) is 0 Å². The Kier molecular flexibility index (Phi) is 7.14. The lowest BCUT2D eigenvalue weighted by molar-refractivity contribution is 0.214. The summed E-state index contributed by atoms with van der Waals surface area (Å²) in [7, 11) is -1.63. The topological polar surface area (TPSA) is 58.6 Å². The zero-order valence-corrected chi connectivity index (χ0v) is 12.3. The number of ether oxygens (including phenoxy) is 1. The lowest BCUT2D eigenvalue weighted by Gasteiger charge is -2.29. The number of piperidine rings is 1. The van der Waals surface area contributed by atoms with Gasteiger partial charge in [0.25, 0.3) is 0 Å². The van der Waals surface area contributed by atoms with Crippen molar-refractivity contribution in [2.45, 2.75) is 26.2 Å². The van der Waals surface area contributed by atoms with E-state index < -0.39 is 10.0 Å². The minimum atomic E-state index is -3.17. The molecule has 1 aliphatic heterocycles. The van der Waals surface area contributed by atoms with Gasteiger partial charge in [-0.15, -0.1) is 0 Å². The van der Waals surface area contributed by atoms with E-state index in [1.807, 2.05) is 6.92 Å². The minimum absolute atomic E-state index is 0.0870. The van der Waals surface area contributed by atoms with E-state index in [2.05, 4.69) is 5.32 Å². The smallest absolute Gasteiger partial charge is 0.216 e. The van der Waals surface area contributed by atoms with Crippen LogP contribution in [-0.4, -0.2) is 58.4 Å². The molecule has 1 unspecified atom stereocenters. The van der Waals surface area contributed by atoms with Crippen LogP contribution in [0.1, 0.15) is 26.2 Å². The molecule has 0 spiro atoms. The van der Waals surface area contributed by atoms with Crippen LogP contribution in [0.4, 0.5) is 0 Å². The third kappa shape index (κ3) is 5.22. The van der Waals surface area contributed by atoms with Gasteiger partial charge in [0.2, 0.25) is 10.0 Å². The van der Waals surface area contributed by atoms with Gasteiger partial charge in [0.05, 0.1) is 12.4 Å². The number of hydrogen-bond donors (Lipinski definition) is 1. The van der Waals surface area contributed by atoms with E-state index in [0.717, 1.165) is 32.4 Å². The molecule has 0 aliphatic carbocycles. The van der Waals surface area contributed by atoms with E-state index >= 15 is 0 Å². The summed E-state index contributed by atoms with van der Waals surface area (Å²) in [5.41, 5.74) is 0. The molecule has 6 heteroatoms. The van der Waals surface area contributed by atoms with Gasteiger partial charge in [-0.05, 0) is 38.3 Å². The summed E-state index contributed by atoms with van der Waals surface area (Å²) in [6, 6.07) is 0. The monoisotopic (exact) mass is 278 g/mol. The van der Waals surface area contributed by atoms with E-state index in [1.54, 1.807) is 4.31 Å². The van der Waals surface area contributed by atoms with Crippen LogP contribution in [0, 0.1) is 5.92 Å². The van der Waals surface area contributed by atoms with Gasteiger partial charge in [-0.1, -0.05) is 6.92 Å². The summed E-state index contributed by atoms with van der Waals surface area (Å²) in [6.07, 6.45) is 3.11. The predicted octanol–water partition coefficient (Wildman–Crippen LogP) is 0.674. The maximum absolute atomic E-state index is 12.2. The Balaban J connectivity index is 2.56. The minimum Gasteiger partial charge on any atom is -0.384 e. The summed E-state index contributed by atoms with van der Waals surface area (Å²) in [6.45, 7) is 5.53. The second kappa shape index (κ2) is 8.09. The molecule has 1 saturated heterocycles. The molecule has 0 aromatic heterocycles. The second-order valence-corrected chi connectivity index (χ2v) is 6.97. The molecule has 1 aliphatic rings. The third-order valence-corrected chi connectivity index (χ3v) is 5.07. The van der Waals surface area contributed by atoms with Crippen molar-refractivity contribution in [1.29, 1.82) is 0 Å². The lowest BCUT2D eigenvalue weighted by Crippen LogP contribution is -2.42. The van der Waals surface area contributed by atoms with Gasteiger partial charge in [0, 0.05) is 20.2 Å². The van der Waals surface area contributed by atoms with Crippen molar-refractivity contribution in [2.24, 2.45) is 5.92 Å². The second-order valence-electron chi connectivity index (χ2n) is 4.88. The van der Waals surface area contributed by atoms with Gasteiger partial charge >= 0.3 is 0 Å². The van der Waals surface area contributed by atoms with E-state index in [-0.39, 0.29) is 12.4 Å². The van der Waals surface area contributed by atoms with E-state index in [9.17, 15) is 8.42 Å². The first-order valence-corrected chi connectivity index (χ1v) is 8.38. The van der Waals surface area contributed by atoms with Crippen LogP contribution in [0.3, 0.4) is 0 Å². The summed E-state index contributed by atoms with van der Waals surface area (Å²) in [4.78, 5) is 0. The largest absolute Gasteiger partial charge is 0.384 e. The quantitative estimate of drug-likeness (QED) is 0.709. The first-order valence-electron chi connectivity index (χ1n) is 6.77. The van der Waals surface area contributed by atoms with Crippen molar-refractivity contribution >= 4 is 10.0 Å². The fourth-order valence-corrected chi connectivity index (χ4v) is 3.81. The van der Waals surface area contributed by atoms with Crippen molar-refractivity contribution in [3.8, 4) is 0 Å². The average molecular weight is 278 g/mol. The van der Waals surface area contributed by atoms with Crippen molar-refractivity contribution in [3.63, 3.8) is 0 Å². The van der Waals surface area contributed by atoms with Crippen LogP contribution in [-0.2, 0) is 14.8 Å². The highest BCUT2D eigenvalue weighted by atomic mass is 32.2. The van der Waals surface area contributed by atoms with Gasteiger partial charge in [0.15, 0.2) is 0 Å². The molecular formula is C12H26N2O3S. The number of nitrogens with zero attached hydrogens (tertiary/aromatic N) is 1. The lowest BCUT2D eigenvalue weighted by atomic mass is 10.00. The molecule has 1 fully saturated rings. The van der Waals surface area contributed by atoms with Crippen LogP contribution in [0.25, 0.3) is 0 Å². The highest BCUT2D eigenvalue weighted by Crippen LogP contribution is 2.14. The highest BCUT2D eigenvalue weighted by Gasteiger charge is 2.25. The summed E-state index contributed by atoms with van der Waals surface area (Å²) < 4.78 is 30.9. The van der Waals surface area contributed by atoms with Crippen molar-refractivity contribution in [1.82, 2.24) is 9.62 Å². The molecule has 1 atom stereocenters. The standard InChI is InChI=1S/C12H26N2O3S/c1-3-7-14(18(15,16)9-8-17-2)11-12-5-4-6-13-10-12/h12-13H,3-11H2,1-2H3. The Morgan fingerprint density at radius 2 is 2.22 bits per heavy atom. The number of methoxy groups -OCH3 is 1. The number of nitrogens with one attached hydrogen (secondary N) is 1. The normalized spacial score (nSPS) is 21.4. The molecule has 0 aromatic rings. The molecule has 1 rings (SSSR count). The van der Waals surface area contributed by atoms with Crippen LogP contribution < -0.4 is 5.32 Å².